The predicted molar refractivity (Wildman–Crippen MR) is 94.0 cm³/mol. The lowest BCUT2D eigenvalue weighted by atomic mass is 10.2. The Balaban J connectivity index is 1.60. The fourth-order valence-corrected chi connectivity index (χ4v) is 2.88. The van der Waals surface area contributed by atoms with Crippen molar-refractivity contribution >= 4 is 21.4 Å². The standard InChI is InChI=1S/C17H20N2O4S/c1-12(2)24(20,21)19-14-5-3-13(4-6-14)10-18-15-7-8-16-17(9-15)23-11-22-16/h3-9,12,18-19H,10-11H2,1-2H3. The molecule has 24 heavy (non-hydrogen) atoms. The first-order valence-corrected chi connectivity index (χ1v) is 9.23. The maximum atomic E-state index is 11.8. The normalized spacial score (nSPS) is 13.1. The Hall–Kier alpha value is -2.41. The number of benzene rings is 2. The average molecular weight is 348 g/mol. The van der Waals surface area contributed by atoms with Gasteiger partial charge >= 0.3 is 0 Å². The molecule has 0 aromatic heterocycles. The Morgan fingerprint density at radius 2 is 1.67 bits per heavy atom. The quantitative estimate of drug-likeness (QED) is 0.838. The SMILES string of the molecule is CC(C)S(=O)(=O)Nc1ccc(CNc2ccc3c(c2)OCO3)cc1. The molecular weight excluding hydrogens is 328 g/mol. The van der Waals surface area contributed by atoms with Crippen LogP contribution in [0, 0.1) is 0 Å². The van der Waals surface area contributed by atoms with Crippen LogP contribution in [0.4, 0.5) is 11.4 Å². The van der Waals surface area contributed by atoms with E-state index < -0.39 is 15.3 Å². The molecule has 2 aromatic rings. The van der Waals surface area contributed by atoms with Gasteiger partial charge in [-0.05, 0) is 43.7 Å². The summed E-state index contributed by atoms with van der Waals surface area (Å²) in [6.07, 6.45) is 0. The van der Waals surface area contributed by atoms with Crippen LogP contribution in [0.3, 0.4) is 0 Å². The first kappa shape index (κ1) is 16.4. The molecule has 0 spiro atoms. The Labute approximate surface area is 141 Å². The van der Waals surface area contributed by atoms with E-state index in [0.717, 1.165) is 22.7 Å². The molecule has 0 unspecified atom stereocenters. The fourth-order valence-electron chi connectivity index (χ4n) is 2.18. The van der Waals surface area contributed by atoms with Gasteiger partial charge in [0.2, 0.25) is 16.8 Å². The minimum absolute atomic E-state index is 0.256. The van der Waals surface area contributed by atoms with Crippen LogP contribution in [0.15, 0.2) is 42.5 Å². The molecule has 0 bridgehead atoms. The van der Waals surface area contributed by atoms with Crippen molar-refractivity contribution in [1.82, 2.24) is 0 Å². The minimum Gasteiger partial charge on any atom is -0.454 e. The Kier molecular flexibility index (Phi) is 4.53. The van der Waals surface area contributed by atoms with Gasteiger partial charge in [-0.1, -0.05) is 12.1 Å². The Morgan fingerprint density at radius 3 is 2.38 bits per heavy atom. The Morgan fingerprint density at radius 1 is 1.00 bits per heavy atom. The zero-order chi connectivity index (χ0) is 17.2. The molecule has 0 aliphatic carbocycles. The zero-order valence-electron chi connectivity index (χ0n) is 13.6. The van der Waals surface area contributed by atoms with Crippen molar-refractivity contribution in [2.24, 2.45) is 0 Å². The lowest BCUT2D eigenvalue weighted by Gasteiger charge is -2.12. The Bertz CT molecular complexity index is 817. The second kappa shape index (κ2) is 6.60. The maximum Gasteiger partial charge on any atom is 0.235 e. The van der Waals surface area contributed by atoms with Crippen LogP contribution in [0.1, 0.15) is 19.4 Å². The summed E-state index contributed by atoms with van der Waals surface area (Å²) in [4.78, 5) is 0. The third-order valence-corrected chi connectivity index (χ3v) is 5.47. The molecule has 0 saturated heterocycles. The van der Waals surface area contributed by atoms with Crippen LogP contribution >= 0.6 is 0 Å². The largest absolute Gasteiger partial charge is 0.454 e. The van der Waals surface area contributed by atoms with E-state index in [-0.39, 0.29) is 6.79 Å². The highest BCUT2D eigenvalue weighted by Crippen LogP contribution is 2.34. The van der Waals surface area contributed by atoms with E-state index in [2.05, 4.69) is 10.0 Å². The van der Waals surface area contributed by atoms with E-state index in [1.807, 2.05) is 30.3 Å². The lowest BCUT2D eigenvalue weighted by Crippen LogP contribution is -2.22. The van der Waals surface area contributed by atoms with Crippen LogP contribution in [-0.2, 0) is 16.6 Å². The molecule has 1 aliphatic rings. The molecule has 0 atom stereocenters. The molecule has 0 radical (unpaired) electrons. The van der Waals surface area contributed by atoms with Gasteiger partial charge in [0.1, 0.15) is 0 Å². The van der Waals surface area contributed by atoms with E-state index >= 15 is 0 Å². The number of hydrogen-bond donors (Lipinski definition) is 2. The van der Waals surface area contributed by atoms with Crippen molar-refractivity contribution in [3.63, 3.8) is 0 Å². The molecule has 2 N–H and O–H groups in total. The van der Waals surface area contributed by atoms with Gasteiger partial charge in [0, 0.05) is 24.0 Å². The highest BCUT2D eigenvalue weighted by Gasteiger charge is 2.15. The average Bonchev–Trinajstić information content (AvgIpc) is 3.01. The van der Waals surface area contributed by atoms with Gasteiger partial charge in [0.15, 0.2) is 11.5 Å². The van der Waals surface area contributed by atoms with Crippen molar-refractivity contribution in [2.45, 2.75) is 25.6 Å². The number of ether oxygens (including phenoxy) is 2. The summed E-state index contributed by atoms with van der Waals surface area (Å²) in [6, 6.07) is 13.0. The molecule has 1 aliphatic heterocycles. The van der Waals surface area contributed by atoms with Crippen LogP contribution in [-0.4, -0.2) is 20.5 Å². The zero-order valence-corrected chi connectivity index (χ0v) is 14.4. The summed E-state index contributed by atoms with van der Waals surface area (Å²) in [5, 5.41) is 2.83. The lowest BCUT2D eigenvalue weighted by molar-refractivity contribution is 0.174. The van der Waals surface area contributed by atoms with Crippen LogP contribution in [0.2, 0.25) is 0 Å². The van der Waals surface area contributed by atoms with Crippen molar-refractivity contribution in [3.8, 4) is 11.5 Å². The van der Waals surface area contributed by atoms with Crippen LogP contribution in [0.5, 0.6) is 11.5 Å². The smallest absolute Gasteiger partial charge is 0.235 e. The summed E-state index contributed by atoms with van der Waals surface area (Å²) in [5.74, 6) is 1.49. The third-order valence-electron chi connectivity index (χ3n) is 3.70. The van der Waals surface area contributed by atoms with Gasteiger partial charge in [-0.2, -0.15) is 0 Å². The summed E-state index contributed by atoms with van der Waals surface area (Å²) >= 11 is 0. The topological polar surface area (TPSA) is 76.7 Å². The highest BCUT2D eigenvalue weighted by atomic mass is 32.2. The summed E-state index contributed by atoms with van der Waals surface area (Å²) in [5.41, 5.74) is 2.54. The molecule has 6 nitrogen and oxygen atoms in total. The summed E-state index contributed by atoms with van der Waals surface area (Å²) < 4.78 is 36.9. The van der Waals surface area contributed by atoms with Crippen molar-refractivity contribution in [1.29, 1.82) is 0 Å². The molecule has 3 rings (SSSR count). The first-order valence-electron chi connectivity index (χ1n) is 7.68. The number of nitrogens with one attached hydrogen (secondary N) is 2. The number of anilines is 2. The molecule has 0 fully saturated rings. The molecular formula is C17H20N2O4S. The van der Waals surface area contributed by atoms with E-state index in [1.165, 1.54) is 0 Å². The van der Waals surface area contributed by atoms with Gasteiger partial charge < -0.3 is 14.8 Å². The highest BCUT2D eigenvalue weighted by molar-refractivity contribution is 7.93. The number of rotatable bonds is 6. The molecule has 1 heterocycles. The van der Waals surface area contributed by atoms with Crippen molar-refractivity contribution in [3.05, 3.63) is 48.0 Å². The van der Waals surface area contributed by atoms with Crippen molar-refractivity contribution in [2.75, 3.05) is 16.8 Å². The summed E-state index contributed by atoms with van der Waals surface area (Å²) in [7, 11) is -3.32. The molecule has 7 heteroatoms. The van der Waals surface area contributed by atoms with Crippen molar-refractivity contribution < 1.29 is 17.9 Å². The van der Waals surface area contributed by atoms with Gasteiger partial charge in [-0.15, -0.1) is 0 Å². The molecule has 128 valence electrons. The minimum atomic E-state index is -3.32. The number of sulfonamides is 1. The van der Waals surface area contributed by atoms with E-state index in [9.17, 15) is 8.42 Å². The number of hydrogen-bond acceptors (Lipinski definition) is 5. The van der Waals surface area contributed by atoms with Gasteiger partial charge in [-0.25, -0.2) is 8.42 Å². The van der Waals surface area contributed by atoms with Gasteiger partial charge in [0.25, 0.3) is 0 Å². The van der Waals surface area contributed by atoms with Gasteiger partial charge in [0.05, 0.1) is 5.25 Å². The first-order chi connectivity index (χ1) is 11.4. The van der Waals surface area contributed by atoms with E-state index in [0.29, 0.717) is 12.2 Å². The molecule has 0 amide bonds. The van der Waals surface area contributed by atoms with Crippen LogP contribution in [0.25, 0.3) is 0 Å². The van der Waals surface area contributed by atoms with Crippen LogP contribution < -0.4 is 19.5 Å². The second-order valence-electron chi connectivity index (χ2n) is 5.81. The maximum absolute atomic E-state index is 11.8. The molecule has 2 aromatic carbocycles. The predicted octanol–water partition coefficient (Wildman–Crippen LogP) is 3.18. The van der Waals surface area contributed by atoms with E-state index in [4.69, 9.17) is 9.47 Å². The van der Waals surface area contributed by atoms with Gasteiger partial charge in [-0.3, -0.25) is 4.72 Å². The third kappa shape index (κ3) is 3.73. The monoisotopic (exact) mass is 348 g/mol. The molecule has 0 saturated carbocycles. The summed E-state index contributed by atoms with van der Waals surface area (Å²) in [6.45, 7) is 4.17. The number of fused-ring (bicyclic) bond motifs is 1. The fraction of sp³-hybridized carbons (Fsp3) is 0.294. The second-order valence-corrected chi connectivity index (χ2v) is 8.05. The van der Waals surface area contributed by atoms with E-state index in [1.54, 1.807) is 26.0 Å².